The smallest absolute Gasteiger partial charge is 0.410 e. The number of nitrogens with two attached hydrogens (primary N) is 1. The number of hydrogen-bond donors (Lipinski definition) is 1. The van der Waals surface area contributed by atoms with Crippen LogP contribution in [0.3, 0.4) is 0 Å². The Morgan fingerprint density at radius 2 is 1.86 bits per heavy atom. The zero-order chi connectivity index (χ0) is 26.3. The second-order valence-corrected chi connectivity index (χ2v) is 11.4. The van der Waals surface area contributed by atoms with E-state index < -0.39 is 5.60 Å². The lowest BCUT2D eigenvalue weighted by Gasteiger charge is -2.33. The highest BCUT2D eigenvalue weighted by molar-refractivity contribution is 6.31. The van der Waals surface area contributed by atoms with Crippen molar-refractivity contribution >= 4 is 45.3 Å². The second-order valence-electron chi connectivity index (χ2n) is 10.9. The summed E-state index contributed by atoms with van der Waals surface area (Å²) < 4.78 is 7.86. The summed E-state index contributed by atoms with van der Waals surface area (Å²) in [5.41, 5.74) is 11.2. The molecule has 1 saturated heterocycles. The number of aromatic nitrogens is 3. The summed E-state index contributed by atoms with van der Waals surface area (Å²) in [5, 5.41) is 1.69. The van der Waals surface area contributed by atoms with Gasteiger partial charge >= 0.3 is 6.09 Å². The molecule has 3 heterocycles. The molecule has 0 bridgehead atoms. The van der Waals surface area contributed by atoms with Crippen molar-refractivity contribution in [3.05, 3.63) is 53.2 Å². The molecule has 1 aliphatic rings. The van der Waals surface area contributed by atoms with Crippen LogP contribution in [-0.2, 0) is 11.3 Å². The van der Waals surface area contributed by atoms with Crippen LogP contribution in [0.4, 0.5) is 10.5 Å². The van der Waals surface area contributed by atoms with Crippen molar-refractivity contribution in [2.45, 2.75) is 59.1 Å². The maximum absolute atomic E-state index is 12.5. The van der Waals surface area contributed by atoms with Gasteiger partial charge in [0.1, 0.15) is 16.9 Å². The summed E-state index contributed by atoms with van der Waals surface area (Å²) >= 11 is 6.30. The van der Waals surface area contributed by atoms with Gasteiger partial charge in [0.15, 0.2) is 0 Å². The first-order valence-corrected chi connectivity index (χ1v) is 13.3. The van der Waals surface area contributed by atoms with Crippen molar-refractivity contribution in [3.8, 4) is 11.4 Å². The minimum atomic E-state index is -0.480. The van der Waals surface area contributed by atoms with E-state index in [4.69, 9.17) is 32.0 Å². The number of carbonyl (C=O) groups is 1. The fourth-order valence-electron chi connectivity index (χ4n) is 5.18. The minimum Gasteiger partial charge on any atom is -0.444 e. The number of carbonyl (C=O) groups excluding carboxylic acids is 1. The van der Waals surface area contributed by atoms with E-state index in [0.717, 1.165) is 64.8 Å². The summed E-state index contributed by atoms with van der Waals surface area (Å²) in [5.74, 6) is 1.35. The number of nitrogens with zero attached hydrogens (tertiary/aromatic N) is 4. The van der Waals surface area contributed by atoms with Gasteiger partial charge < -0.3 is 19.9 Å². The van der Waals surface area contributed by atoms with Crippen molar-refractivity contribution in [2.75, 3.05) is 18.8 Å². The Labute approximate surface area is 222 Å². The first-order chi connectivity index (χ1) is 17.6. The molecule has 0 unspecified atom stereocenters. The zero-order valence-electron chi connectivity index (χ0n) is 21.9. The lowest BCUT2D eigenvalue weighted by Crippen LogP contribution is -2.41. The van der Waals surface area contributed by atoms with E-state index >= 15 is 0 Å². The fourth-order valence-corrected chi connectivity index (χ4v) is 5.34. The van der Waals surface area contributed by atoms with Crippen LogP contribution >= 0.6 is 11.6 Å². The van der Waals surface area contributed by atoms with Crippen molar-refractivity contribution in [3.63, 3.8) is 0 Å². The lowest BCUT2D eigenvalue weighted by atomic mass is 9.93. The number of amides is 1. The topological polar surface area (TPSA) is 86.3 Å². The Morgan fingerprint density at radius 1 is 1.14 bits per heavy atom. The highest BCUT2D eigenvalue weighted by atomic mass is 35.5. The van der Waals surface area contributed by atoms with Crippen LogP contribution in [0.1, 0.15) is 45.7 Å². The van der Waals surface area contributed by atoms with E-state index in [0.29, 0.717) is 29.7 Å². The number of pyridine rings is 1. The Morgan fingerprint density at radius 3 is 2.57 bits per heavy atom. The summed E-state index contributed by atoms with van der Waals surface area (Å²) in [6, 6.07) is 13.7. The van der Waals surface area contributed by atoms with Crippen LogP contribution in [-0.4, -0.2) is 44.2 Å². The van der Waals surface area contributed by atoms with Crippen LogP contribution < -0.4 is 5.73 Å². The molecule has 37 heavy (non-hydrogen) atoms. The van der Waals surface area contributed by atoms with Gasteiger partial charge in [-0.05, 0) is 83.2 Å². The largest absolute Gasteiger partial charge is 0.444 e. The normalized spacial score (nSPS) is 15.0. The van der Waals surface area contributed by atoms with E-state index in [1.807, 2.05) is 75.1 Å². The number of nitrogen functional groups attached to an aromatic ring is 1. The van der Waals surface area contributed by atoms with Crippen LogP contribution in [0, 0.1) is 12.8 Å². The average molecular weight is 520 g/mol. The van der Waals surface area contributed by atoms with E-state index in [1.54, 1.807) is 0 Å². The van der Waals surface area contributed by atoms with Gasteiger partial charge in [0.2, 0.25) is 0 Å². The van der Waals surface area contributed by atoms with Crippen molar-refractivity contribution in [1.29, 1.82) is 0 Å². The van der Waals surface area contributed by atoms with Crippen LogP contribution in [0.2, 0.25) is 5.02 Å². The molecule has 4 aromatic rings. The third-order valence-electron chi connectivity index (χ3n) is 7.04. The van der Waals surface area contributed by atoms with Gasteiger partial charge in [0.05, 0.1) is 16.7 Å². The quantitative estimate of drug-likeness (QED) is 0.298. The van der Waals surface area contributed by atoms with Crippen LogP contribution in [0.5, 0.6) is 0 Å². The summed E-state index contributed by atoms with van der Waals surface area (Å²) in [6.45, 7) is 9.92. The number of anilines is 1. The van der Waals surface area contributed by atoms with E-state index in [-0.39, 0.29) is 6.09 Å². The van der Waals surface area contributed by atoms with Gasteiger partial charge in [-0.2, -0.15) is 0 Å². The number of likely N-dealkylation sites (tertiary alicyclic amines) is 1. The van der Waals surface area contributed by atoms with Crippen molar-refractivity contribution < 1.29 is 9.53 Å². The molecule has 0 saturated carbocycles. The maximum atomic E-state index is 12.5. The predicted octanol–water partition coefficient (Wildman–Crippen LogP) is 6.83. The predicted molar refractivity (Wildman–Crippen MR) is 150 cm³/mol. The molecule has 2 N–H and O–H groups in total. The number of ether oxygens (including phenoxy) is 1. The van der Waals surface area contributed by atoms with Gasteiger partial charge in [-0.1, -0.05) is 23.7 Å². The van der Waals surface area contributed by atoms with Gasteiger partial charge in [0.25, 0.3) is 0 Å². The van der Waals surface area contributed by atoms with E-state index in [2.05, 4.69) is 4.57 Å². The number of hydrogen-bond acceptors (Lipinski definition) is 5. The number of aryl methyl sites for hydroxylation is 2. The molecule has 0 radical (unpaired) electrons. The molecule has 8 heteroatoms. The zero-order valence-corrected chi connectivity index (χ0v) is 22.7. The molecule has 5 rings (SSSR count). The van der Waals surface area contributed by atoms with Gasteiger partial charge in [-0.3, -0.25) is 4.98 Å². The molecule has 0 spiro atoms. The Balaban J connectivity index is 1.46. The number of imidazole rings is 1. The van der Waals surface area contributed by atoms with Gasteiger partial charge in [-0.25, -0.2) is 9.78 Å². The summed E-state index contributed by atoms with van der Waals surface area (Å²) in [4.78, 5) is 24.2. The molecule has 2 aromatic heterocycles. The fraction of sp³-hybridized carbons (Fsp3) is 0.414. The lowest BCUT2D eigenvalue weighted by molar-refractivity contribution is 0.0180. The minimum absolute atomic E-state index is 0.221. The Bertz CT molecular complexity index is 1460. The summed E-state index contributed by atoms with van der Waals surface area (Å²) in [7, 11) is 0. The molecule has 1 amide bonds. The number of para-hydroxylation sites is 1. The number of fused-ring (bicyclic) bond motifs is 3. The number of piperidine rings is 1. The highest BCUT2D eigenvalue weighted by Gasteiger charge is 2.27. The average Bonchev–Trinajstić information content (AvgIpc) is 3.22. The van der Waals surface area contributed by atoms with Gasteiger partial charge in [0, 0.05) is 41.3 Å². The van der Waals surface area contributed by atoms with Crippen LogP contribution in [0.25, 0.3) is 33.3 Å². The van der Waals surface area contributed by atoms with Gasteiger partial charge in [-0.15, -0.1) is 0 Å². The molecular weight excluding hydrogens is 486 g/mol. The number of rotatable bonds is 4. The third kappa shape index (κ3) is 5.23. The molecule has 0 aliphatic carbocycles. The van der Waals surface area contributed by atoms with E-state index in [9.17, 15) is 4.79 Å². The summed E-state index contributed by atoms with van der Waals surface area (Å²) in [6.07, 6.45) is 2.66. The third-order valence-corrected chi connectivity index (χ3v) is 7.28. The SMILES string of the molecule is Cc1nc2cc(Cl)ccc2c2c1nc(-c1ccccc1N)n2CCC1CCN(C(=O)OC(C)(C)C)CC1. The molecule has 194 valence electrons. The maximum Gasteiger partial charge on any atom is 0.410 e. The first kappa shape index (κ1) is 25.3. The Hall–Kier alpha value is -3.32. The molecule has 7 nitrogen and oxygen atoms in total. The molecule has 0 atom stereocenters. The molecule has 1 aliphatic heterocycles. The van der Waals surface area contributed by atoms with Crippen LogP contribution in [0.15, 0.2) is 42.5 Å². The molecular formula is C29H34ClN5O2. The van der Waals surface area contributed by atoms with Crippen molar-refractivity contribution in [2.24, 2.45) is 5.92 Å². The molecule has 2 aromatic carbocycles. The number of benzene rings is 2. The second kappa shape index (κ2) is 9.86. The van der Waals surface area contributed by atoms with Crippen molar-refractivity contribution in [1.82, 2.24) is 19.4 Å². The number of halogens is 1. The van der Waals surface area contributed by atoms with E-state index in [1.165, 1.54) is 0 Å². The first-order valence-electron chi connectivity index (χ1n) is 12.9. The highest BCUT2D eigenvalue weighted by Crippen LogP contribution is 2.35. The molecule has 1 fully saturated rings. The monoisotopic (exact) mass is 519 g/mol. The Kier molecular flexibility index (Phi) is 6.75. The standard InChI is InChI=1S/C29H34ClN5O2/c1-18-25-26(22-10-9-20(30)17-24(22)32-18)35(27(33-25)21-7-5-6-8-23(21)31)16-13-19-11-14-34(15-12-19)28(36)37-29(2,3)4/h5-10,17,19H,11-16,31H2,1-4H3.